The second-order valence-electron chi connectivity index (χ2n) is 4.78. The highest BCUT2D eigenvalue weighted by Crippen LogP contribution is 2.21. The van der Waals surface area contributed by atoms with E-state index in [4.69, 9.17) is 9.15 Å². The summed E-state index contributed by atoms with van der Waals surface area (Å²) in [5, 5.41) is 2.49. The molecule has 0 atom stereocenters. The molecule has 7 heteroatoms. The van der Waals surface area contributed by atoms with Crippen molar-refractivity contribution in [1.82, 2.24) is 5.32 Å². The van der Waals surface area contributed by atoms with Crippen molar-refractivity contribution < 1.29 is 23.5 Å². The lowest BCUT2D eigenvalue weighted by atomic mass is 10.0. The van der Waals surface area contributed by atoms with E-state index in [0.29, 0.717) is 16.9 Å². The third-order valence-corrected chi connectivity index (χ3v) is 2.85. The van der Waals surface area contributed by atoms with Gasteiger partial charge < -0.3 is 19.2 Å². The molecule has 1 heterocycles. The molecule has 1 rings (SSSR count). The topological polar surface area (TPSA) is 77.8 Å². The number of esters is 1. The minimum atomic E-state index is -0.716. The van der Waals surface area contributed by atoms with E-state index in [2.05, 4.69) is 26.0 Å². The average molecular weight is 348 g/mol. The molecule has 0 aliphatic heterocycles. The average Bonchev–Trinajstić information content (AvgIpc) is 2.72. The first-order chi connectivity index (χ1) is 9.32. The second-order valence-corrected chi connectivity index (χ2v) is 5.57. The first kappa shape index (κ1) is 16.6. The molecule has 0 aliphatic rings. The molecule has 0 bridgehead atoms. The number of amides is 1. The molecule has 112 valence electrons. The Morgan fingerprint density at radius 2 is 2.10 bits per heavy atom. The monoisotopic (exact) mass is 347 g/mol. The van der Waals surface area contributed by atoms with Gasteiger partial charge in [-0.05, 0) is 41.9 Å². The largest absolute Gasteiger partial charge is 0.469 e. The molecule has 0 unspecified atom stereocenters. The Hall–Kier alpha value is -1.50. The Labute approximate surface area is 125 Å². The van der Waals surface area contributed by atoms with Gasteiger partial charge in [0, 0.05) is 13.0 Å². The van der Waals surface area contributed by atoms with Gasteiger partial charge in [0.25, 0.3) is 0 Å². The highest BCUT2D eigenvalue weighted by Gasteiger charge is 2.25. The Morgan fingerprint density at radius 3 is 2.65 bits per heavy atom. The SMILES string of the molecule is COC(=O)CCNC(=O)OC(C)(C)Cc1ccc(Br)o1. The van der Waals surface area contributed by atoms with Gasteiger partial charge in [-0.15, -0.1) is 0 Å². The van der Waals surface area contributed by atoms with Crippen LogP contribution in [0.3, 0.4) is 0 Å². The zero-order chi connectivity index (χ0) is 15.2. The molecular formula is C13H18BrNO5. The molecule has 0 fully saturated rings. The minimum Gasteiger partial charge on any atom is -0.469 e. The third kappa shape index (κ3) is 6.10. The van der Waals surface area contributed by atoms with Crippen LogP contribution in [0.2, 0.25) is 0 Å². The van der Waals surface area contributed by atoms with E-state index in [0.717, 1.165) is 0 Å². The van der Waals surface area contributed by atoms with Crippen molar-refractivity contribution in [1.29, 1.82) is 0 Å². The van der Waals surface area contributed by atoms with Crippen molar-refractivity contribution >= 4 is 28.0 Å². The van der Waals surface area contributed by atoms with Gasteiger partial charge in [0.2, 0.25) is 0 Å². The van der Waals surface area contributed by atoms with Crippen LogP contribution in [0.1, 0.15) is 26.0 Å². The van der Waals surface area contributed by atoms with Crippen LogP contribution < -0.4 is 5.32 Å². The summed E-state index contributed by atoms with van der Waals surface area (Å²) in [6.45, 7) is 3.74. The molecule has 0 aliphatic carbocycles. The van der Waals surface area contributed by atoms with E-state index in [1.165, 1.54) is 7.11 Å². The van der Waals surface area contributed by atoms with Crippen molar-refractivity contribution in [3.63, 3.8) is 0 Å². The van der Waals surface area contributed by atoms with Crippen LogP contribution in [0.4, 0.5) is 4.79 Å². The number of rotatable bonds is 6. The van der Waals surface area contributed by atoms with Gasteiger partial charge in [-0.3, -0.25) is 4.79 Å². The predicted octanol–water partition coefficient (Wildman–Crippen LogP) is 2.65. The van der Waals surface area contributed by atoms with Crippen LogP contribution in [0.15, 0.2) is 21.2 Å². The highest BCUT2D eigenvalue weighted by atomic mass is 79.9. The summed E-state index contributed by atoms with van der Waals surface area (Å²) in [6, 6.07) is 3.59. The maximum Gasteiger partial charge on any atom is 0.407 e. The van der Waals surface area contributed by atoms with Crippen LogP contribution in [-0.2, 0) is 20.7 Å². The zero-order valence-electron chi connectivity index (χ0n) is 11.7. The minimum absolute atomic E-state index is 0.108. The molecule has 1 aromatic heterocycles. The fraction of sp³-hybridized carbons (Fsp3) is 0.538. The number of ether oxygens (including phenoxy) is 2. The van der Waals surface area contributed by atoms with Crippen molar-refractivity contribution in [2.75, 3.05) is 13.7 Å². The second kappa shape index (κ2) is 7.33. The van der Waals surface area contributed by atoms with Gasteiger partial charge in [-0.2, -0.15) is 0 Å². The molecular weight excluding hydrogens is 330 g/mol. The van der Waals surface area contributed by atoms with Crippen LogP contribution in [-0.4, -0.2) is 31.3 Å². The summed E-state index contributed by atoms with van der Waals surface area (Å²) < 4.78 is 15.8. The predicted molar refractivity (Wildman–Crippen MR) is 75.3 cm³/mol. The standard InChI is InChI=1S/C13H18BrNO5/c1-13(2,8-9-4-5-10(14)19-9)20-12(17)15-7-6-11(16)18-3/h4-5H,6-8H2,1-3H3,(H,15,17). The summed E-state index contributed by atoms with van der Waals surface area (Å²) in [5.74, 6) is 0.328. The summed E-state index contributed by atoms with van der Waals surface area (Å²) >= 11 is 3.21. The summed E-state index contributed by atoms with van der Waals surface area (Å²) in [4.78, 5) is 22.5. The van der Waals surface area contributed by atoms with Crippen molar-refractivity contribution in [3.05, 3.63) is 22.6 Å². The first-order valence-corrected chi connectivity index (χ1v) is 6.89. The van der Waals surface area contributed by atoms with Crippen LogP contribution in [0, 0.1) is 0 Å². The number of carbonyl (C=O) groups excluding carboxylic acids is 2. The van der Waals surface area contributed by atoms with Gasteiger partial charge >= 0.3 is 12.1 Å². The third-order valence-electron chi connectivity index (χ3n) is 2.42. The summed E-state index contributed by atoms with van der Waals surface area (Å²) in [7, 11) is 1.30. The van der Waals surface area contributed by atoms with E-state index in [1.807, 2.05) is 6.07 Å². The number of alkyl carbamates (subject to hydrolysis) is 1. The number of hydrogen-bond acceptors (Lipinski definition) is 5. The number of hydrogen-bond donors (Lipinski definition) is 1. The number of halogens is 1. The Morgan fingerprint density at radius 1 is 1.40 bits per heavy atom. The molecule has 0 aromatic carbocycles. The maximum atomic E-state index is 11.6. The van der Waals surface area contributed by atoms with Gasteiger partial charge in [0.1, 0.15) is 11.4 Å². The highest BCUT2D eigenvalue weighted by molar-refractivity contribution is 9.10. The van der Waals surface area contributed by atoms with E-state index in [9.17, 15) is 9.59 Å². The molecule has 0 saturated heterocycles. The summed E-state index contributed by atoms with van der Waals surface area (Å²) in [5.41, 5.74) is -0.716. The van der Waals surface area contributed by atoms with E-state index < -0.39 is 11.7 Å². The number of carbonyl (C=O) groups is 2. The molecule has 6 nitrogen and oxygen atoms in total. The van der Waals surface area contributed by atoms with Crippen LogP contribution in [0.5, 0.6) is 0 Å². The molecule has 1 amide bonds. The van der Waals surface area contributed by atoms with Crippen molar-refractivity contribution in [2.45, 2.75) is 32.3 Å². The van der Waals surface area contributed by atoms with Gasteiger partial charge in [-0.1, -0.05) is 0 Å². The van der Waals surface area contributed by atoms with E-state index in [1.54, 1.807) is 19.9 Å². The number of nitrogens with one attached hydrogen (secondary N) is 1. The molecule has 0 saturated carbocycles. The first-order valence-electron chi connectivity index (χ1n) is 6.10. The maximum absolute atomic E-state index is 11.6. The Kier molecular flexibility index (Phi) is 6.06. The molecule has 1 N–H and O–H groups in total. The quantitative estimate of drug-likeness (QED) is 0.800. The molecule has 0 spiro atoms. The number of furan rings is 1. The van der Waals surface area contributed by atoms with E-state index in [-0.39, 0.29) is 18.9 Å². The smallest absolute Gasteiger partial charge is 0.407 e. The fourth-order valence-corrected chi connectivity index (χ4v) is 1.90. The summed E-state index contributed by atoms with van der Waals surface area (Å²) in [6.07, 6.45) is -0.0234. The number of methoxy groups -OCH3 is 1. The van der Waals surface area contributed by atoms with Gasteiger partial charge in [0.15, 0.2) is 4.67 Å². The van der Waals surface area contributed by atoms with Crippen molar-refractivity contribution in [2.24, 2.45) is 0 Å². The fourth-order valence-electron chi connectivity index (χ4n) is 1.56. The van der Waals surface area contributed by atoms with Gasteiger partial charge in [-0.25, -0.2) is 4.79 Å². The van der Waals surface area contributed by atoms with Crippen molar-refractivity contribution in [3.8, 4) is 0 Å². The normalized spacial score (nSPS) is 11.0. The molecule has 20 heavy (non-hydrogen) atoms. The Bertz CT molecular complexity index is 469. The van der Waals surface area contributed by atoms with Gasteiger partial charge in [0.05, 0.1) is 13.5 Å². The lowest BCUT2D eigenvalue weighted by Gasteiger charge is -2.24. The molecule has 1 aromatic rings. The zero-order valence-corrected chi connectivity index (χ0v) is 13.3. The molecule has 0 radical (unpaired) electrons. The lowest BCUT2D eigenvalue weighted by Crippen LogP contribution is -2.37. The lowest BCUT2D eigenvalue weighted by molar-refractivity contribution is -0.140. The van der Waals surface area contributed by atoms with E-state index >= 15 is 0 Å². The van der Waals surface area contributed by atoms with Crippen LogP contribution in [0.25, 0.3) is 0 Å². The Balaban J connectivity index is 2.37. The van der Waals surface area contributed by atoms with Crippen LogP contribution >= 0.6 is 15.9 Å².